The van der Waals surface area contributed by atoms with Gasteiger partial charge in [0.25, 0.3) is 5.91 Å². The zero-order chi connectivity index (χ0) is 14.7. The molecule has 1 aromatic rings. The van der Waals surface area contributed by atoms with Crippen LogP contribution in [0.15, 0.2) is 24.3 Å². The number of rotatable bonds is 4. The van der Waals surface area contributed by atoms with Gasteiger partial charge in [0.15, 0.2) is 0 Å². The van der Waals surface area contributed by atoms with Crippen LogP contribution in [0.1, 0.15) is 16.8 Å². The summed E-state index contributed by atoms with van der Waals surface area (Å²) in [6, 6.07) is 6.41. The van der Waals surface area contributed by atoms with Gasteiger partial charge >= 0.3 is 0 Å². The van der Waals surface area contributed by atoms with Gasteiger partial charge in [-0.2, -0.15) is 0 Å². The highest BCUT2D eigenvalue weighted by Gasteiger charge is 2.31. The number of thioether (sulfide) groups is 1. The highest BCUT2D eigenvalue weighted by atomic mass is 32.2. The molecule has 0 saturated carbocycles. The van der Waals surface area contributed by atoms with Crippen molar-refractivity contribution in [3.8, 4) is 0 Å². The smallest absolute Gasteiger partial charge is 0.250 e. The third-order valence-electron chi connectivity index (χ3n) is 2.60. The first-order valence-electron chi connectivity index (χ1n) is 5.67. The van der Waals surface area contributed by atoms with Gasteiger partial charge in [-0.3, -0.25) is 14.4 Å². The lowest BCUT2D eigenvalue weighted by molar-refractivity contribution is -0.122. The normalized spacial score (nSPS) is 17.7. The molecule has 0 spiro atoms. The van der Waals surface area contributed by atoms with E-state index in [2.05, 4.69) is 10.6 Å². The fourth-order valence-electron chi connectivity index (χ4n) is 1.70. The largest absolute Gasteiger partial charge is 0.366 e. The van der Waals surface area contributed by atoms with Crippen LogP contribution in [0.5, 0.6) is 0 Å². The summed E-state index contributed by atoms with van der Waals surface area (Å²) in [7, 11) is 0. The Labute approximate surface area is 124 Å². The Kier molecular flexibility index (Phi) is 4.35. The first-order valence-corrected chi connectivity index (χ1v) is 6.96. The summed E-state index contributed by atoms with van der Waals surface area (Å²) in [5.41, 5.74) is 5.77. The van der Waals surface area contributed by atoms with Crippen LogP contribution in [0.4, 0.5) is 5.69 Å². The molecule has 1 atom stereocenters. The quantitative estimate of drug-likeness (QED) is 0.708. The number of hydrogen-bond acceptors (Lipinski definition) is 5. The summed E-state index contributed by atoms with van der Waals surface area (Å²) in [5.74, 6) is -1.29. The van der Waals surface area contributed by atoms with Crippen molar-refractivity contribution in [2.45, 2.75) is 11.7 Å². The minimum atomic E-state index is -0.630. The Balaban J connectivity index is 2.04. The van der Waals surface area contributed by atoms with Crippen molar-refractivity contribution in [2.24, 2.45) is 5.73 Å². The molecule has 20 heavy (non-hydrogen) atoms. The standard InChI is InChI=1S/C12H11N3O3S2/c13-10(17)6-3-1-2-4-7(6)14-9(16)5-8-11(18)15-12(19)20-8/h1-4,8H,5H2,(H2,13,17)(H,14,16)(H,15,18,19). The number of carbonyl (C=O) groups is 3. The Bertz CT molecular complexity index is 603. The van der Waals surface area contributed by atoms with Crippen molar-refractivity contribution in [3.05, 3.63) is 29.8 Å². The molecule has 6 nitrogen and oxygen atoms in total. The van der Waals surface area contributed by atoms with Gasteiger partial charge in [0.05, 0.1) is 16.5 Å². The molecule has 4 N–H and O–H groups in total. The van der Waals surface area contributed by atoms with Gasteiger partial charge in [0.2, 0.25) is 11.8 Å². The molecule has 1 aliphatic rings. The van der Waals surface area contributed by atoms with E-state index >= 15 is 0 Å². The maximum absolute atomic E-state index is 11.9. The minimum Gasteiger partial charge on any atom is -0.366 e. The molecule has 2 rings (SSSR count). The number of benzene rings is 1. The van der Waals surface area contributed by atoms with Crippen LogP contribution < -0.4 is 16.4 Å². The molecule has 1 heterocycles. The Morgan fingerprint density at radius 2 is 2.10 bits per heavy atom. The minimum absolute atomic E-state index is 0.0241. The maximum atomic E-state index is 11.9. The lowest BCUT2D eigenvalue weighted by Gasteiger charge is -2.10. The van der Waals surface area contributed by atoms with Crippen molar-refractivity contribution >= 4 is 51.7 Å². The number of carbonyl (C=O) groups excluding carboxylic acids is 3. The van der Waals surface area contributed by atoms with Crippen LogP contribution in [-0.4, -0.2) is 27.3 Å². The predicted molar refractivity (Wildman–Crippen MR) is 80.3 cm³/mol. The van der Waals surface area contributed by atoms with Gasteiger partial charge in [-0.15, -0.1) is 0 Å². The molecule has 1 unspecified atom stereocenters. The summed E-state index contributed by atoms with van der Waals surface area (Å²) in [4.78, 5) is 34.6. The van der Waals surface area contributed by atoms with Gasteiger partial charge in [-0.1, -0.05) is 36.1 Å². The van der Waals surface area contributed by atoms with E-state index in [0.717, 1.165) is 11.8 Å². The number of nitrogens with one attached hydrogen (secondary N) is 2. The fourth-order valence-corrected chi connectivity index (χ4v) is 2.97. The van der Waals surface area contributed by atoms with E-state index in [1.807, 2.05) is 0 Å². The van der Waals surface area contributed by atoms with Gasteiger partial charge < -0.3 is 16.4 Å². The van der Waals surface area contributed by atoms with Crippen molar-refractivity contribution in [3.63, 3.8) is 0 Å². The Morgan fingerprint density at radius 3 is 2.70 bits per heavy atom. The zero-order valence-corrected chi connectivity index (χ0v) is 11.8. The molecule has 0 radical (unpaired) electrons. The van der Waals surface area contributed by atoms with E-state index in [0.29, 0.717) is 10.0 Å². The van der Waals surface area contributed by atoms with Crippen molar-refractivity contribution in [1.82, 2.24) is 5.32 Å². The van der Waals surface area contributed by atoms with E-state index in [1.54, 1.807) is 18.2 Å². The molecule has 0 aromatic heterocycles. The lowest BCUT2D eigenvalue weighted by Crippen LogP contribution is -2.28. The summed E-state index contributed by atoms with van der Waals surface area (Å²) in [6.07, 6.45) is -0.0241. The second kappa shape index (κ2) is 6.02. The molecule has 1 fully saturated rings. The molecule has 104 valence electrons. The van der Waals surface area contributed by atoms with Crippen LogP contribution in [0.2, 0.25) is 0 Å². The SMILES string of the molecule is NC(=O)c1ccccc1NC(=O)CC1SC(=S)NC1=O. The molecule has 1 aliphatic heterocycles. The summed E-state index contributed by atoms with van der Waals surface area (Å²) >= 11 is 5.99. The number of nitrogens with two attached hydrogens (primary N) is 1. The number of primary amides is 1. The first kappa shape index (κ1) is 14.5. The molecular formula is C12H11N3O3S2. The molecule has 8 heteroatoms. The number of thiocarbonyl (C=S) groups is 1. The van der Waals surface area contributed by atoms with E-state index in [4.69, 9.17) is 18.0 Å². The van der Waals surface area contributed by atoms with E-state index in [-0.39, 0.29) is 23.8 Å². The van der Waals surface area contributed by atoms with Crippen LogP contribution in [0, 0.1) is 0 Å². The number of anilines is 1. The van der Waals surface area contributed by atoms with Crippen LogP contribution >= 0.6 is 24.0 Å². The zero-order valence-electron chi connectivity index (χ0n) is 10.2. The van der Waals surface area contributed by atoms with Crippen LogP contribution in [-0.2, 0) is 9.59 Å². The van der Waals surface area contributed by atoms with Gasteiger partial charge in [-0.05, 0) is 12.1 Å². The summed E-state index contributed by atoms with van der Waals surface area (Å²) in [6.45, 7) is 0. The van der Waals surface area contributed by atoms with E-state index in [9.17, 15) is 14.4 Å². The molecule has 0 bridgehead atoms. The van der Waals surface area contributed by atoms with Gasteiger partial charge in [0, 0.05) is 6.42 Å². The van der Waals surface area contributed by atoms with E-state index < -0.39 is 11.2 Å². The second-order valence-corrected chi connectivity index (χ2v) is 5.92. The third-order valence-corrected chi connectivity index (χ3v) is 3.98. The third kappa shape index (κ3) is 3.34. The highest BCUT2D eigenvalue weighted by Crippen LogP contribution is 2.23. The molecule has 0 aliphatic carbocycles. The number of amides is 3. The van der Waals surface area contributed by atoms with Gasteiger partial charge in [-0.25, -0.2) is 0 Å². The summed E-state index contributed by atoms with van der Waals surface area (Å²) in [5, 5.41) is 4.51. The fraction of sp³-hybridized carbons (Fsp3) is 0.167. The predicted octanol–water partition coefficient (Wildman–Crippen LogP) is 0.631. The highest BCUT2D eigenvalue weighted by molar-refractivity contribution is 8.24. The Hall–Kier alpha value is -1.93. The Morgan fingerprint density at radius 1 is 1.40 bits per heavy atom. The topological polar surface area (TPSA) is 101 Å². The maximum Gasteiger partial charge on any atom is 0.250 e. The van der Waals surface area contributed by atoms with E-state index in [1.165, 1.54) is 6.07 Å². The monoisotopic (exact) mass is 309 g/mol. The van der Waals surface area contributed by atoms with Crippen molar-refractivity contribution in [1.29, 1.82) is 0 Å². The van der Waals surface area contributed by atoms with Crippen LogP contribution in [0.3, 0.4) is 0 Å². The second-order valence-electron chi connectivity index (χ2n) is 4.05. The molecule has 1 saturated heterocycles. The van der Waals surface area contributed by atoms with Gasteiger partial charge in [0.1, 0.15) is 4.32 Å². The molecular weight excluding hydrogens is 298 g/mol. The molecule has 3 amide bonds. The average molecular weight is 309 g/mol. The number of hydrogen-bond donors (Lipinski definition) is 3. The summed E-state index contributed by atoms with van der Waals surface area (Å²) < 4.78 is 0.366. The lowest BCUT2D eigenvalue weighted by atomic mass is 10.1. The number of para-hydroxylation sites is 1. The average Bonchev–Trinajstić information content (AvgIpc) is 2.68. The van der Waals surface area contributed by atoms with Crippen molar-refractivity contribution < 1.29 is 14.4 Å². The first-order chi connectivity index (χ1) is 9.47. The molecule has 1 aromatic carbocycles. The van der Waals surface area contributed by atoms with Crippen molar-refractivity contribution in [2.75, 3.05) is 5.32 Å². The van der Waals surface area contributed by atoms with Crippen LogP contribution in [0.25, 0.3) is 0 Å².